The third kappa shape index (κ3) is 6.93. The number of halogens is 1. The van der Waals surface area contributed by atoms with Gasteiger partial charge in [-0.2, -0.15) is 0 Å². The van der Waals surface area contributed by atoms with Crippen LogP contribution in [0.25, 0.3) is 0 Å². The van der Waals surface area contributed by atoms with E-state index in [4.69, 9.17) is 20.8 Å². The Morgan fingerprint density at radius 2 is 2.05 bits per heavy atom. The van der Waals surface area contributed by atoms with E-state index in [0.717, 1.165) is 25.7 Å². The van der Waals surface area contributed by atoms with Crippen molar-refractivity contribution in [3.8, 4) is 0 Å². The lowest BCUT2D eigenvalue weighted by Crippen LogP contribution is -2.23. The molecule has 1 aromatic rings. The summed E-state index contributed by atoms with van der Waals surface area (Å²) in [6, 6.07) is 0. The highest BCUT2D eigenvalue weighted by molar-refractivity contribution is 6.16. The molecular weight excluding hydrogens is 292 g/mol. The van der Waals surface area contributed by atoms with Gasteiger partial charge in [0.25, 0.3) is 0 Å². The van der Waals surface area contributed by atoms with Gasteiger partial charge in [0.15, 0.2) is 0 Å². The molecule has 0 amide bonds. The van der Waals surface area contributed by atoms with Crippen LogP contribution in [-0.4, -0.2) is 21.8 Å². The summed E-state index contributed by atoms with van der Waals surface area (Å²) < 4.78 is 10.8. The lowest BCUT2D eigenvalue weighted by Gasteiger charge is -2.19. The highest BCUT2D eigenvalue weighted by atomic mass is 35.5. The lowest BCUT2D eigenvalue weighted by atomic mass is 9.97. The Balaban J connectivity index is 2.46. The predicted molar refractivity (Wildman–Crippen MR) is 81.2 cm³/mol. The van der Waals surface area contributed by atoms with Crippen LogP contribution in [-0.2, 0) is 15.4 Å². The smallest absolute Gasteiger partial charge is 0.306 e. The van der Waals surface area contributed by atoms with Crippen LogP contribution in [0.2, 0.25) is 0 Å². The topological polar surface area (TPSA) is 65.2 Å². The number of ether oxygens (including phenoxy) is 1. The molecule has 0 aliphatic rings. The van der Waals surface area contributed by atoms with Gasteiger partial charge in [-0.15, -0.1) is 21.8 Å². The Morgan fingerprint density at radius 1 is 1.33 bits per heavy atom. The number of carbonyl (C=O) groups is 1. The summed E-state index contributed by atoms with van der Waals surface area (Å²) in [7, 11) is 0. The van der Waals surface area contributed by atoms with Gasteiger partial charge >= 0.3 is 5.97 Å². The van der Waals surface area contributed by atoms with Crippen LogP contribution >= 0.6 is 11.6 Å². The zero-order chi connectivity index (χ0) is 15.9. The van der Waals surface area contributed by atoms with Crippen LogP contribution < -0.4 is 0 Å². The number of esters is 1. The first kappa shape index (κ1) is 18.0. The van der Waals surface area contributed by atoms with Gasteiger partial charge in [0, 0.05) is 12.3 Å². The Hall–Kier alpha value is -1.10. The number of alkyl halides is 1. The molecule has 120 valence electrons. The number of hydrogen-bond acceptors (Lipinski definition) is 5. The van der Waals surface area contributed by atoms with E-state index < -0.39 is 5.60 Å². The van der Waals surface area contributed by atoms with Gasteiger partial charge in [-0.25, -0.2) is 0 Å². The summed E-state index contributed by atoms with van der Waals surface area (Å²) >= 11 is 5.67. The number of hydrogen-bond donors (Lipinski definition) is 0. The molecule has 0 aliphatic carbocycles. The maximum absolute atomic E-state index is 11.7. The van der Waals surface area contributed by atoms with Crippen LogP contribution in [0.3, 0.4) is 0 Å². The third-order valence-corrected chi connectivity index (χ3v) is 3.17. The van der Waals surface area contributed by atoms with Crippen LogP contribution in [0.15, 0.2) is 4.42 Å². The second-order valence-electron chi connectivity index (χ2n) is 6.13. The highest BCUT2D eigenvalue weighted by Crippen LogP contribution is 2.26. The molecule has 0 saturated carbocycles. The predicted octanol–water partition coefficient (Wildman–Crippen LogP) is 4.20. The molecule has 6 heteroatoms. The molecule has 0 aromatic carbocycles. The number of rotatable bonds is 8. The van der Waals surface area contributed by atoms with Gasteiger partial charge in [-0.1, -0.05) is 13.3 Å². The second-order valence-corrected chi connectivity index (χ2v) is 6.40. The van der Waals surface area contributed by atoms with Gasteiger partial charge < -0.3 is 9.15 Å². The van der Waals surface area contributed by atoms with Crippen molar-refractivity contribution in [1.82, 2.24) is 10.2 Å². The molecule has 21 heavy (non-hydrogen) atoms. The fraction of sp³-hybridized carbons (Fsp3) is 0.800. The minimum absolute atomic E-state index is 0.162. The normalized spacial score (nSPS) is 13.2. The maximum atomic E-state index is 11.7. The average molecular weight is 317 g/mol. The van der Waals surface area contributed by atoms with Crippen molar-refractivity contribution < 1.29 is 13.9 Å². The van der Waals surface area contributed by atoms with E-state index in [1.54, 1.807) is 0 Å². The van der Waals surface area contributed by atoms with E-state index in [-0.39, 0.29) is 17.8 Å². The first-order chi connectivity index (χ1) is 9.85. The van der Waals surface area contributed by atoms with E-state index in [1.807, 2.05) is 20.8 Å². The summed E-state index contributed by atoms with van der Waals surface area (Å²) in [6.07, 6.45) is 3.97. The van der Waals surface area contributed by atoms with Gasteiger partial charge in [0.1, 0.15) is 11.5 Å². The van der Waals surface area contributed by atoms with Crippen LogP contribution in [0.4, 0.5) is 0 Å². The Kier molecular flexibility index (Phi) is 7.15. The van der Waals surface area contributed by atoms with Crippen molar-refractivity contribution in [3.63, 3.8) is 0 Å². The third-order valence-electron chi connectivity index (χ3n) is 2.94. The first-order valence-electron chi connectivity index (χ1n) is 7.45. The highest BCUT2D eigenvalue weighted by Gasteiger charge is 2.20. The van der Waals surface area contributed by atoms with Gasteiger partial charge in [-0.3, -0.25) is 4.79 Å². The fourth-order valence-corrected chi connectivity index (χ4v) is 2.22. The standard InChI is InChI=1S/C15H25ClN2O3/c1-5-7-11(14-18-17-12(10-16)20-14)8-6-9-13(19)21-15(2,3)4/h11H,5-10H2,1-4H3. The van der Waals surface area contributed by atoms with Crippen molar-refractivity contribution in [2.24, 2.45) is 0 Å². The first-order valence-corrected chi connectivity index (χ1v) is 7.99. The second kappa shape index (κ2) is 8.37. The summed E-state index contributed by atoms with van der Waals surface area (Å²) in [5, 5.41) is 7.94. The molecule has 0 fully saturated rings. The van der Waals surface area contributed by atoms with Crippen molar-refractivity contribution in [3.05, 3.63) is 11.8 Å². The zero-order valence-electron chi connectivity index (χ0n) is 13.3. The monoisotopic (exact) mass is 316 g/mol. The molecule has 0 N–H and O–H groups in total. The van der Waals surface area contributed by atoms with Crippen molar-refractivity contribution in [2.75, 3.05) is 0 Å². The Labute approximate surface area is 131 Å². The molecule has 1 heterocycles. The Bertz CT molecular complexity index is 440. The largest absolute Gasteiger partial charge is 0.460 e. The van der Waals surface area contributed by atoms with E-state index in [2.05, 4.69) is 17.1 Å². The van der Waals surface area contributed by atoms with Crippen LogP contribution in [0.5, 0.6) is 0 Å². The number of carbonyl (C=O) groups excluding carboxylic acids is 1. The molecule has 5 nitrogen and oxygen atoms in total. The van der Waals surface area contributed by atoms with E-state index in [1.165, 1.54) is 0 Å². The summed E-state index contributed by atoms with van der Waals surface area (Å²) in [5.41, 5.74) is -0.429. The van der Waals surface area contributed by atoms with Crippen LogP contribution in [0.1, 0.15) is 77.5 Å². The SMILES string of the molecule is CCCC(CCCC(=O)OC(C)(C)C)c1nnc(CCl)o1. The minimum Gasteiger partial charge on any atom is -0.460 e. The van der Waals surface area contributed by atoms with Crippen LogP contribution in [0, 0.1) is 0 Å². The minimum atomic E-state index is -0.429. The van der Waals surface area contributed by atoms with Crippen molar-refractivity contribution in [2.45, 2.75) is 77.2 Å². The molecule has 1 rings (SSSR count). The number of nitrogens with zero attached hydrogens (tertiary/aromatic N) is 2. The molecule has 0 aliphatic heterocycles. The average Bonchev–Trinajstić information content (AvgIpc) is 2.84. The molecule has 0 bridgehead atoms. The lowest BCUT2D eigenvalue weighted by molar-refractivity contribution is -0.154. The number of aromatic nitrogens is 2. The van der Waals surface area contributed by atoms with Gasteiger partial charge in [-0.05, 0) is 40.0 Å². The molecule has 0 radical (unpaired) electrons. The van der Waals surface area contributed by atoms with E-state index in [0.29, 0.717) is 18.2 Å². The molecule has 0 spiro atoms. The van der Waals surface area contributed by atoms with Crippen molar-refractivity contribution in [1.29, 1.82) is 0 Å². The quantitative estimate of drug-likeness (QED) is 0.531. The summed E-state index contributed by atoms with van der Waals surface area (Å²) in [5.74, 6) is 1.31. The Morgan fingerprint density at radius 3 is 2.57 bits per heavy atom. The summed E-state index contributed by atoms with van der Waals surface area (Å²) in [4.78, 5) is 11.7. The van der Waals surface area contributed by atoms with Crippen molar-refractivity contribution >= 4 is 17.6 Å². The molecule has 1 unspecified atom stereocenters. The molecule has 1 aromatic heterocycles. The summed E-state index contributed by atoms with van der Waals surface area (Å²) in [6.45, 7) is 7.73. The molecular formula is C15H25ClN2O3. The maximum Gasteiger partial charge on any atom is 0.306 e. The molecule has 0 saturated heterocycles. The van der Waals surface area contributed by atoms with E-state index in [9.17, 15) is 4.79 Å². The van der Waals surface area contributed by atoms with E-state index >= 15 is 0 Å². The molecule has 1 atom stereocenters. The van der Waals surface area contributed by atoms with Gasteiger partial charge in [0.05, 0.1) is 0 Å². The van der Waals surface area contributed by atoms with Gasteiger partial charge in [0.2, 0.25) is 11.8 Å². The zero-order valence-corrected chi connectivity index (χ0v) is 14.1. The fourth-order valence-electron chi connectivity index (χ4n) is 2.11.